The van der Waals surface area contributed by atoms with E-state index in [1.807, 2.05) is 31.2 Å². The number of anilines is 1. The summed E-state index contributed by atoms with van der Waals surface area (Å²) in [5.74, 6) is -1.91. The normalized spacial score (nSPS) is 11.0. The first-order chi connectivity index (χ1) is 16.5. The number of carbonyl (C=O) groups is 3. The largest absolute Gasteiger partial charge is 0.476 e. The minimum Gasteiger partial charge on any atom is -0.476 e. The second-order valence-electron chi connectivity index (χ2n) is 8.88. The van der Waals surface area contributed by atoms with Crippen LogP contribution < -0.4 is 5.32 Å². The van der Waals surface area contributed by atoms with Crippen LogP contribution in [0.1, 0.15) is 42.5 Å². The van der Waals surface area contributed by atoms with Crippen LogP contribution in [-0.2, 0) is 16.1 Å². The standard InChI is InChI=1S/C25H27N5O5/c1-16-6-5-7-17(10-16)18-11-20(22(23(32)33)27-12-18)29-21(31)14-30(24(34)35-25(2,3)4)13-19-8-9-26-15-28-19/h5-12,15H,13-14H2,1-4H3,(H,29,31)(H,32,33). The van der Waals surface area contributed by atoms with Gasteiger partial charge in [0, 0.05) is 18.0 Å². The summed E-state index contributed by atoms with van der Waals surface area (Å²) in [6.07, 6.45) is 3.59. The van der Waals surface area contributed by atoms with E-state index in [9.17, 15) is 19.5 Å². The summed E-state index contributed by atoms with van der Waals surface area (Å²) in [5, 5.41) is 12.2. The number of amides is 2. The van der Waals surface area contributed by atoms with Crippen molar-refractivity contribution in [3.63, 3.8) is 0 Å². The predicted octanol–water partition coefficient (Wildman–Crippen LogP) is 3.92. The molecule has 0 atom stereocenters. The molecule has 0 unspecified atom stereocenters. The zero-order chi connectivity index (χ0) is 25.6. The number of carbonyl (C=O) groups excluding carboxylic acids is 2. The van der Waals surface area contributed by atoms with Crippen molar-refractivity contribution in [3.8, 4) is 11.1 Å². The molecule has 2 aromatic heterocycles. The van der Waals surface area contributed by atoms with E-state index >= 15 is 0 Å². The van der Waals surface area contributed by atoms with Crippen molar-refractivity contribution in [2.24, 2.45) is 0 Å². The molecule has 0 bridgehead atoms. The second-order valence-corrected chi connectivity index (χ2v) is 8.88. The number of hydrogen-bond acceptors (Lipinski definition) is 7. The molecule has 0 saturated carbocycles. The molecule has 10 nitrogen and oxygen atoms in total. The molecule has 182 valence electrons. The van der Waals surface area contributed by atoms with Gasteiger partial charge in [-0.05, 0) is 45.4 Å². The average Bonchev–Trinajstić information content (AvgIpc) is 2.78. The summed E-state index contributed by atoms with van der Waals surface area (Å²) in [7, 11) is 0. The maximum absolute atomic E-state index is 12.9. The van der Waals surface area contributed by atoms with Gasteiger partial charge in [-0.25, -0.2) is 24.5 Å². The van der Waals surface area contributed by atoms with Gasteiger partial charge in [-0.1, -0.05) is 29.8 Å². The van der Waals surface area contributed by atoms with Gasteiger partial charge in [0.25, 0.3) is 0 Å². The lowest BCUT2D eigenvalue weighted by Gasteiger charge is -2.27. The zero-order valence-corrected chi connectivity index (χ0v) is 20.0. The fourth-order valence-electron chi connectivity index (χ4n) is 3.19. The molecule has 1 aromatic carbocycles. The predicted molar refractivity (Wildman–Crippen MR) is 129 cm³/mol. The Morgan fingerprint density at radius 2 is 1.86 bits per heavy atom. The van der Waals surface area contributed by atoms with Crippen molar-refractivity contribution in [2.45, 2.75) is 39.8 Å². The Kier molecular flexibility index (Phi) is 7.75. The molecule has 3 aromatic rings. The highest BCUT2D eigenvalue weighted by atomic mass is 16.6. The van der Waals surface area contributed by atoms with E-state index < -0.39 is 30.1 Å². The maximum Gasteiger partial charge on any atom is 0.411 e. The number of aromatic nitrogens is 3. The Labute approximate surface area is 203 Å². The number of nitrogens with zero attached hydrogens (tertiary/aromatic N) is 4. The number of aromatic carboxylic acids is 1. The van der Waals surface area contributed by atoms with Crippen LogP contribution >= 0.6 is 0 Å². The molecular weight excluding hydrogens is 450 g/mol. The number of aryl methyl sites for hydroxylation is 1. The lowest BCUT2D eigenvalue weighted by molar-refractivity contribution is -0.117. The van der Waals surface area contributed by atoms with Crippen LogP contribution in [0.5, 0.6) is 0 Å². The Hall–Kier alpha value is -4.34. The van der Waals surface area contributed by atoms with Gasteiger partial charge in [-0.2, -0.15) is 0 Å². The first-order valence-electron chi connectivity index (χ1n) is 10.8. The number of pyridine rings is 1. The van der Waals surface area contributed by atoms with Gasteiger partial charge in [0.1, 0.15) is 18.5 Å². The van der Waals surface area contributed by atoms with Gasteiger partial charge in [-0.15, -0.1) is 0 Å². The van der Waals surface area contributed by atoms with Crippen molar-refractivity contribution in [3.05, 3.63) is 72.1 Å². The Morgan fingerprint density at radius 3 is 2.49 bits per heavy atom. The Morgan fingerprint density at radius 1 is 1.09 bits per heavy atom. The molecule has 0 aliphatic rings. The molecule has 0 aliphatic heterocycles. The van der Waals surface area contributed by atoms with Crippen LogP contribution in [0.2, 0.25) is 0 Å². The van der Waals surface area contributed by atoms with E-state index in [4.69, 9.17) is 4.74 Å². The summed E-state index contributed by atoms with van der Waals surface area (Å²) in [4.78, 5) is 50.6. The molecule has 2 amide bonds. The van der Waals surface area contributed by atoms with Crippen LogP contribution in [0, 0.1) is 6.92 Å². The van der Waals surface area contributed by atoms with Crippen LogP contribution in [0.4, 0.5) is 10.5 Å². The number of carboxylic acid groups (broad SMARTS) is 1. The molecule has 0 radical (unpaired) electrons. The molecule has 0 fully saturated rings. The van der Waals surface area contributed by atoms with E-state index in [0.29, 0.717) is 11.3 Å². The molecule has 2 N–H and O–H groups in total. The van der Waals surface area contributed by atoms with Crippen LogP contribution in [0.15, 0.2) is 55.1 Å². The first kappa shape index (κ1) is 25.3. The molecule has 2 heterocycles. The summed E-state index contributed by atoms with van der Waals surface area (Å²) in [6.45, 7) is 6.69. The molecule has 3 rings (SSSR count). The minimum atomic E-state index is -1.29. The summed E-state index contributed by atoms with van der Waals surface area (Å²) in [6, 6.07) is 10.8. The number of carboxylic acids is 1. The molecular formula is C25H27N5O5. The summed E-state index contributed by atoms with van der Waals surface area (Å²) < 4.78 is 5.43. The van der Waals surface area contributed by atoms with Crippen molar-refractivity contribution in [1.29, 1.82) is 0 Å². The quantitative estimate of drug-likeness (QED) is 0.523. The van der Waals surface area contributed by atoms with Crippen molar-refractivity contribution in [2.75, 3.05) is 11.9 Å². The summed E-state index contributed by atoms with van der Waals surface area (Å²) >= 11 is 0. The van der Waals surface area contributed by atoms with Gasteiger partial charge < -0.3 is 15.2 Å². The van der Waals surface area contributed by atoms with Crippen LogP contribution in [0.25, 0.3) is 11.1 Å². The molecule has 35 heavy (non-hydrogen) atoms. The van der Waals surface area contributed by atoms with Gasteiger partial charge in [-0.3, -0.25) is 9.69 Å². The van der Waals surface area contributed by atoms with Gasteiger partial charge in [0.15, 0.2) is 5.69 Å². The van der Waals surface area contributed by atoms with E-state index in [-0.39, 0.29) is 17.9 Å². The molecule has 0 aliphatic carbocycles. The van der Waals surface area contributed by atoms with Crippen LogP contribution in [0.3, 0.4) is 0 Å². The molecule has 0 spiro atoms. The lowest BCUT2D eigenvalue weighted by atomic mass is 10.0. The van der Waals surface area contributed by atoms with Gasteiger partial charge in [0.05, 0.1) is 17.9 Å². The summed E-state index contributed by atoms with van der Waals surface area (Å²) in [5.41, 5.74) is 1.92. The Balaban J connectivity index is 1.85. The van der Waals surface area contributed by atoms with Gasteiger partial charge >= 0.3 is 12.1 Å². The van der Waals surface area contributed by atoms with Crippen molar-refractivity contribution >= 4 is 23.7 Å². The number of rotatable bonds is 7. The van der Waals surface area contributed by atoms with Crippen molar-refractivity contribution < 1.29 is 24.2 Å². The van der Waals surface area contributed by atoms with Crippen molar-refractivity contribution in [1.82, 2.24) is 19.9 Å². The monoisotopic (exact) mass is 477 g/mol. The number of benzene rings is 1. The van der Waals surface area contributed by atoms with Gasteiger partial charge in [0.2, 0.25) is 5.91 Å². The fourth-order valence-corrected chi connectivity index (χ4v) is 3.19. The van der Waals surface area contributed by atoms with E-state index in [2.05, 4.69) is 20.3 Å². The highest BCUT2D eigenvalue weighted by molar-refractivity contribution is 6.01. The molecule has 10 heteroatoms. The number of nitrogens with one attached hydrogen (secondary N) is 1. The fraction of sp³-hybridized carbons (Fsp3) is 0.280. The topological polar surface area (TPSA) is 135 Å². The third kappa shape index (κ3) is 7.32. The SMILES string of the molecule is Cc1cccc(-c2cnc(C(=O)O)c(NC(=O)CN(Cc3ccncn3)C(=O)OC(C)(C)C)c2)c1. The maximum atomic E-state index is 12.9. The highest BCUT2D eigenvalue weighted by Crippen LogP contribution is 2.25. The smallest absolute Gasteiger partial charge is 0.411 e. The second kappa shape index (κ2) is 10.7. The number of hydrogen-bond donors (Lipinski definition) is 2. The van der Waals surface area contributed by atoms with E-state index in [1.165, 1.54) is 23.6 Å². The Bertz CT molecular complexity index is 1220. The third-order valence-electron chi connectivity index (χ3n) is 4.70. The minimum absolute atomic E-state index is 0.00176. The highest BCUT2D eigenvalue weighted by Gasteiger charge is 2.25. The third-order valence-corrected chi connectivity index (χ3v) is 4.70. The first-order valence-corrected chi connectivity index (χ1v) is 10.8. The van der Waals surface area contributed by atoms with E-state index in [1.54, 1.807) is 32.9 Å². The zero-order valence-electron chi connectivity index (χ0n) is 20.0. The lowest BCUT2D eigenvalue weighted by Crippen LogP contribution is -2.41. The molecule has 0 saturated heterocycles. The van der Waals surface area contributed by atoms with E-state index in [0.717, 1.165) is 11.1 Å². The average molecular weight is 478 g/mol. The van der Waals surface area contributed by atoms with Crippen LogP contribution in [-0.4, -0.2) is 55.1 Å². The number of ether oxygens (including phenoxy) is 1.